The molecule has 5 heteroatoms. The van der Waals surface area contributed by atoms with Gasteiger partial charge in [-0.1, -0.05) is 6.07 Å². The maximum atomic E-state index is 13.2. The monoisotopic (exact) mass is 268 g/mol. The predicted molar refractivity (Wildman–Crippen MR) is 73.5 cm³/mol. The third-order valence-electron chi connectivity index (χ3n) is 2.88. The van der Waals surface area contributed by atoms with Crippen LogP contribution < -0.4 is 10.6 Å². The van der Waals surface area contributed by atoms with Crippen LogP contribution in [0.1, 0.15) is 19.8 Å². The second-order valence-electron chi connectivity index (χ2n) is 4.30. The number of likely N-dealkylation sites (N-methyl/N-ethyl adjacent to an activating group) is 1. The van der Waals surface area contributed by atoms with Crippen LogP contribution in [0.25, 0.3) is 0 Å². The van der Waals surface area contributed by atoms with Crippen LogP contribution in [0, 0.1) is 5.82 Å². The van der Waals surface area contributed by atoms with E-state index in [1.165, 1.54) is 17.0 Å². The van der Waals surface area contributed by atoms with Gasteiger partial charge >= 0.3 is 0 Å². The molecule has 0 aliphatic rings. The zero-order valence-corrected chi connectivity index (χ0v) is 11.4. The predicted octanol–water partition coefficient (Wildman–Crippen LogP) is 1.93. The highest BCUT2D eigenvalue weighted by molar-refractivity contribution is 5.96. The van der Waals surface area contributed by atoms with E-state index in [2.05, 4.69) is 0 Å². The summed E-state index contributed by atoms with van der Waals surface area (Å²) in [6, 6.07) is 5.38. The van der Waals surface area contributed by atoms with E-state index in [0.29, 0.717) is 25.3 Å². The Kier molecular flexibility index (Phi) is 6.45. The fourth-order valence-corrected chi connectivity index (χ4v) is 1.88. The van der Waals surface area contributed by atoms with Crippen LogP contribution in [0.2, 0.25) is 0 Å². The van der Waals surface area contributed by atoms with Crippen LogP contribution in [0.4, 0.5) is 10.1 Å². The minimum absolute atomic E-state index is 0.191. The molecular formula is C14H21FN2O2. The molecule has 1 atom stereocenters. The summed E-state index contributed by atoms with van der Waals surface area (Å²) >= 11 is 0. The van der Waals surface area contributed by atoms with Crippen molar-refractivity contribution in [1.29, 1.82) is 0 Å². The number of hydrogen-bond donors (Lipinski definition) is 1. The molecule has 0 aliphatic carbocycles. The molecule has 0 aliphatic heterocycles. The SMILES string of the molecule is CCN(C(=O)C(N)CCCOC)c1cccc(F)c1. The van der Waals surface area contributed by atoms with Gasteiger partial charge in [-0.3, -0.25) is 4.79 Å². The van der Waals surface area contributed by atoms with Crippen LogP contribution >= 0.6 is 0 Å². The van der Waals surface area contributed by atoms with E-state index in [0.717, 1.165) is 6.42 Å². The van der Waals surface area contributed by atoms with Crippen LogP contribution in [-0.2, 0) is 9.53 Å². The first-order valence-corrected chi connectivity index (χ1v) is 6.41. The standard InChI is InChI=1S/C14H21FN2O2/c1-3-17(12-7-4-6-11(15)10-12)14(18)13(16)8-5-9-19-2/h4,6-7,10,13H,3,5,8-9,16H2,1-2H3. The van der Waals surface area contributed by atoms with Gasteiger partial charge in [0.1, 0.15) is 5.82 Å². The van der Waals surface area contributed by atoms with Gasteiger partial charge in [-0.05, 0) is 38.0 Å². The number of halogens is 1. The topological polar surface area (TPSA) is 55.6 Å². The lowest BCUT2D eigenvalue weighted by Gasteiger charge is -2.24. The number of ether oxygens (including phenoxy) is 1. The molecule has 1 aromatic carbocycles. The second kappa shape index (κ2) is 7.86. The molecule has 0 fully saturated rings. The average Bonchev–Trinajstić information content (AvgIpc) is 2.39. The third kappa shape index (κ3) is 4.61. The summed E-state index contributed by atoms with van der Waals surface area (Å²) in [6.45, 7) is 2.87. The van der Waals surface area contributed by atoms with Crippen molar-refractivity contribution in [2.24, 2.45) is 5.73 Å². The fourth-order valence-electron chi connectivity index (χ4n) is 1.88. The Labute approximate surface area is 113 Å². The Balaban J connectivity index is 2.71. The quantitative estimate of drug-likeness (QED) is 0.769. The van der Waals surface area contributed by atoms with Gasteiger partial charge < -0.3 is 15.4 Å². The Morgan fingerprint density at radius 3 is 2.84 bits per heavy atom. The first kappa shape index (κ1) is 15.6. The molecule has 1 unspecified atom stereocenters. The van der Waals surface area contributed by atoms with Crippen molar-refractivity contribution in [2.45, 2.75) is 25.8 Å². The van der Waals surface area contributed by atoms with Gasteiger partial charge in [-0.2, -0.15) is 0 Å². The number of anilines is 1. The summed E-state index contributed by atoms with van der Waals surface area (Å²) in [5.41, 5.74) is 6.41. The number of amides is 1. The van der Waals surface area contributed by atoms with E-state index in [4.69, 9.17) is 10.5 Å². The molecule has 4 nitrogen and oxygen atoms in total. The van der Waals surface area contributed by atoms with Crippen molar-refractivity contribution >= 4 is 11.6 Å². The fraction of sp³-hybridized carbons (Fsp3) is 0.500. The highest BCUT2D eigenvalue weighted by atomic mass is 19.1. The van der Waals surface area contributed by atoms with Crippen molar-refractivity contribution in [2.75, 3.05) is 25.2 Å². The Bertz CT molecular complexity index is 412. The highest BCUT2D eigenvalue weighted by Crippen LogP contribution is 2.16. The number of carbonyl (C=O) groups is 1. The van der Waals surface area contributed by atoms with E-state index in [-0.39, 0.29) is 11.7 Å². The highest BCUT2D eigenvalue weighted by Gasteiger charge is 2.21. The van der Waals surface area contributed by atoms with Crippen molar-refractivity contribution in [3.63, 3.8) is 0 Å². The molecule has 2 N–H and O–H groups in total. The van der Waals surface area contributed by atoms with Gasteiger partial charge in [0, 0.05) is 25.9 Å². The molecule has 1 rings (SSSR count). The van der Waals surface area contributed by atoms with E-state index in [1.54, 1.807) is 19.2 Å². The second-order valence-corrected chi connectivity index (χ2v) is 4.30. The average molecular weight is 268 g/mol. The van der Waals surface area contributed by atoms with Crippen molar-refractivity contribution < 1.29 is 13.9 Å². The Hall–Kier alpha value is -1.46. The minimum atomic E-state index is -0.585. The molecule has 0 saturated heterocycles. The molecule has 106 valence electrons. The van der Waals surface area contributed by atoms with Crippen molar-refractivity contribution in [1.82, 2.24) is 0 Å². The molecule has 0 aromatic heterocycles. The lowest BCUT2D eigenvalue weighted by molar-refractivity contribution is -0.120. The summed E-state index contributed by atoms with van der Waals surface area (Å²) in [5.74, 6) is -0.555. The van der Waals surface area contributed by atoms with E-state index in [9.17, 15) is 9.18 Å². The molecule has 1 aromatic rings. The van der Waals surface area contributed by atoms with Crippen molar-refractivity contribution in [3.05, 3.63) is 30.1 Å². The summed E-state index contributed by atoms with van der Waals surface area (Å²) in [6.07, 6.45) is 1.28. The lowest BCUT2D eigenvalue weighted by Crippen LogP contribution is -2.44. The van der Waals surface area contributed by atoms with Gasteiger partial charge in [0.05, 0.1) is 6.04 Å². The number of rotatable bonds is 7. The first-order valence-electron chi connectivity index (χ1n) is 6.41. The number of nitrogens with two attached hydrogens (primary N) is 1. The van der Waals surface area contributed by atoms with E-state index < -0.39 is 6.04 Å². The number of benzene rings is 1. The minimum Gasteiger partial charge on any atom is -0.385 e. The maximum Gasteiger partial charge on any atom is 0.243 e. The van der Waals surface area contributed by atoms with Crippen LogP contribution in [0.3, 0.4) is 0 Å². The molecule has 0 saturated carbocycles. The summed E-state index contributed by atoms with van der Waals surface area (Å²) in [5, 5.41) is 0. The van der Waals surface area contributed by atoms with E-state index >= 15 is 0 Å². The molecular weight excluding hydrogens is 247 g/mol. The van der Waals surface area contributed by atoms with Crippen LogP contribution in [-0.4, -0.2) is 32.2 Å². The molecule has 0 bridgehead atoms. The van der Waals surface area contributed by atoms with Crippen LogP contribution in [0.5, 0.6) is 0 Å². The smallest absolute Gasteiger partial charge is 0.243 e. The zero-order chi connectivity index (χ0) is 14.3. The third-order valence-corrected chi connectivity index (χ3v) is 2.88. The molecule has 0 radical (unpaired) electrons. The molecule has 0 heterocycles. The Morgan fingerprint density at radius 2 is 2.26 bits per heavy atom. The van der Waals surface area contributed by atoms with Gasteiger partial charge in [-0.25, -0.2) is 4.39 Å². The zero-order valence-electron chi connectivity index (χ0n) is 11.4. The normalized spacial score (nSPS) is 12.2. The van der Waals surface area contributed by atoms with Gasteiger partial charge in [-0.15, -0.1) is 0 Å². The number of hydrogen-bond acceptors (Lipinski definition) is 3. The maximum absolute atomic E-state index is 13.2. The Morgan fingerprint density at radius 1 is 1.53 bits per heavy atom. The first-order chi connectivity index (χ1) is 9.10. The largest absolute Gasteiger partial charge is 0.385 e. The summed E-state index contributed by atoms with van der Waals surface area (Å²) < 4.78 is 18.1. The van der Waals surface area contributed by atoms with Gasteiger partial charge in [0.2, 0.25) is 5.91 Å². The molecule has 0 spiro atoms. The van der Waals surface area contributed by atoms with Crippen LogP contribution in [0.15, 0.2) is 24.3 Å². The summed E-state index contributed by atoms with van der Waals surface area (Å²) in [7, 11) is 1.61. The number of nitrogens with zero attached hydrogens (tertiary/aromatic N) is 1. The van der Waals surface area contributed by atoms with E-state index in [1.807, 2.05) is 6.92 Å². The molecule has 19 heavy (non-hydrogen) atoms. The van der Waals surface area contributed by atoms with Crippen molar-refractivity contribution in [3.8, 4) is 0 Å². The number of carbonyl (C=O) groups excluding carboxylic acids is 1. The number of methoxy groups -OCH3 is 1. The lowest BCUT2D eigenvalue weighted by atomic mass is 10.1. The van der Waals surface area contributed by atoms with Gasteiger partial charge in [0.15, 0.2) is 0 Å². The van der Waals surface area contributed by atoms with Gasteiger partial charge in [0.25, 0.3) is 0 Å². The molecule has 1 amide bonds. The summed E-state index contributed by atoms with van der Waals surface area (Å²) in [4.78, 5) is 13.7.